The van der Waals surface area contributed by atoms with Crippen molar-refractivity contribution in [3.63, 3.8) is 0 Å². The summed E-state index contributed by atoms with van der Waals surface area (Å²) in [5.41, 5.74) is 6.26. The first-order valence-corrected chi connectivity index (χ1v) is 12.8. The Morgan fingerprint density at radius 2 is 1.97 bits per heavy atom. The van der Waals surface area contributed by atoms with Crippen molar-refractivity contribution in [2.75, 3.05) is 6.54 Å². The summed E-state index contributed by atoms with van der Waals surface area (Å²) in [5.74, 6) is -0.587. The normalized spacial score (nSPS) is 19.5. The zero-order chi connectivity index (χ0) is 24.4. The van der Waals surface area contributed by atoms with E-state index in [1.807, 2.05) is 0 Å². The molecule has 1 saturated carbocycles. The SMILES string of the molecule is N[C@@H]1CCN(S(=O)(=O)c2cccc3c(=O)n(COC(=O)c4ccc5occc5c4)ccc23)C12CC2. The van der Waals surface area contributed by atoms with Crippen molar-refractivity contribution in [2.24, 2.45) is 5.73 Å². The van der Waals surface area contributed by atoms with Crippen molar-refractivity contribution < 1.29 is 22.4 Å². The largest absolute Gasteiger partial charge is 0.464 e. The second-order valence-electron chi connectivity index (χ2n) is 9.12. The molecule has 35 heavy (non-hydrogen) atoms. The maximum atomic E-state index is 13.6. The van der Waals surface area contributed by atoms with Gasteiger partial charge in [0.2, 0.25) is 10.0 Å². The quantitative estimate of drug-likeness (QED) is 0.424. The van der Waals surface area contributed by atoms with E-state index in [2.05, 4.69) is 0 Å². The summed E-state index contributed by atoms with van der Waals surface area (Å²) in [6.07, 6.45) is 5.10. The van der Waals surface area contributed by atoms with Crippen LogP contribution in [-0.2, 0) is 21.5 Å². The third-order valence-electron chi connectivity index (χ3n) is 7.16. The monoisotopic (exact) mass is 493 g/mol. The summed E-state index contributed by atoms with van der Waals surface area (Å²) in [7, 11) is -3.84. The van der Waals surface area contributed by atoms with E-state index in [9.17, 15) is 18.0 Å². The van der Waals surface area contributed by atoms with Gasteiger partial charge in [-0.1, -0.05) is 6.07 Å². The Balaban J connectivity index is 1.29. The maximum Gasteiger partial charge on any atom is 0.339 e. The molecule has 1 aliphatic carbocycles. The molecule has 1 aliphatic heterocycles. The second-order valence-corrected chi connectivity index (χ2v) is 10.9. The van der Waals surface area contributed by atoms with E-state index in [4.69, 9.17) is 14.9 Å². The predicted octanol–water partition coefficient (Wildman–Crippen LogP) is 2.82. The van der Waals surface area contributed by atoms with Crippen LogP contribution >= 0.6 is 0 Å². The van der Waals surface area contributed by atoms with Crippen LogP contribution in [0.1, 0.15) is 29.6 Å². The lowest BCUT2D eigenvalue weighted by Gasteiger charge is -2.26. The number of esters is 1. The van der Waals surface area contributed by atoms with E-state index in [1.54, 1.807) is 42.5 Å². The number of aromatic nitrogens is 1. The number of carbonyl (C=O) groups excluding carboxylic acids is 1. The van der Waals surface area contributed by atoms with Gasteiger partial charge < -0.3 is 14.9 Å². The molecular weight excluding hydrogens is 470 g/mol. The number of nitrogens with two attached hydrogens (primary N) is 1. The van der Waals surface area contributed by atoms with Gasteiger partial charge >= 0.3 is 5.97 Å². The molecule has 1 spiro atoms. The van der Waals surface area contributed by atoms with Gasteiger partial charge in [-0.25, -0.2) is 13.2 Å². The predicted molar refractivity (Wildman–Crippen MR) is 128 cm³/mol. The molecule has 3 heterocycles. The highest BCUT2D eigenvalue weighted by atomic mass is 32.2. The number of benzene rings is 2. The number of carbonyl (C=O) groups is 1. The molecule has 0 unspecified atom stereocenters. The molecule has 180 valence electrons. The molecular formula is C25H23N3O6S. The molecule has 0 bridgehead atoms. The van der Waals surface area contributed by atoms with Crippen LogP contribution in [0.3, 0.4) is 0 Å². The van der Waals surface area contributed by atoms with Crippen molar-refractivity contribution >= 4 is 37.7 Å². The fraction of sp³-hybridized carbons (Fsp3) is 0.280. The lowest BCUT2D eigenvalue weighted by Crippen LogP contribution is -2.44. The Bertz CT molecular complexity index is 1650. The Morgan fingerprint density at radius 3 is 2.77 bits per heavy atom. The number of furan rings is 1. The number of hydrogen-bond acceptors (Lipinski definition) is 7. The Labute approximate surface area is 200 Å². The molecule has 4 aromatic rings. The number of pyridine rings is 1. The van der Waals surface area contributed by atoms with Gasteiger partial charge in [0.15, 0.2) is 6.73 Å². The van der Waals surface area contributed by atoms with E-state index in [0.29, 0.717) is 29.5 Å². The number of rotatable bonds is 5. The maximum absolute atomic E-state index is 13.6. The van der Waals surface area contributed by atoms with Crippen LogP contribution in [0.25, 0.3) is 21.7 Å². The van der Waals surface area contributed by atoms with Crippen LogP contribution in [0.5, 0.6) is 0 Å². The molecule has 2 aromatic carbocycles. The Morgan fingerprint density at radius 1 is 1.14 bits per heavy atom. The highest BCUT2D eigenvalue weighted by Crippen LogP contribution is 2.51. The van der Waals surface area contributed by atoms with Gasteiger partial charge in [0, 0.05) is 34.9 Å². The van der Waals surface area contributed by atoms with Gasteiger partial charge in [0.25, 0.3) is 5.56 Å². The van der Waals surface area contributed by atoms with Gasteiger partial charge in [-0.15, -0.1) is 0 Å². The van der Waals surface area contributed by atoms with Gasteiger partial charge in [-0.3, -0.25) is 9.36 Å². The Hall–Kier alpha value is -3.47. The first kappa shape index (κ1) is 22.0. The minimum atomic E-state index is -3.84. The fourth-order valence-electron chi connectivity index (χ4n) is 5.08. The van der Waals surface area contributed by atoms with Crippen LogP contribution < -0.4 is 11.3 Å². The molecule has 10 heteroatoms. The summed E-state index contributed by atoms with van der Waals surface area (Å²) < 4.78 is 40.5. The van der Waals surface area contributed by atoms with Gasteiger partial charge in [0.05, 0.1) is 22.3 Å². The number of hydrogen-bond donors (Lipinski definition) is 1. The third kappa shape index (κ3) is 3.40. The minimum Gasteiger partial charge on any atom is -0.464 e. The van der Waals surface area contributed by atoms with Crippen molar-refractivity contribution in [3.8, 4) is 0 Å². The van der Waals surface area contributed by atoms with Gasteiger partial charge in [-0.2, -0.15) is 4.31 Å². The average Bonchev–Trinajstić information content (AvgIpc) is 3.38. The highest BCUT2D eigenvalue weighted by Gasteiger charge is 2.60. The zero-order valence-corrected chi connectivity index (χ0v) is 19.5. The van der Waals surface area contributed by atoms with E-state index < -0.39 is 27.1 Å². The first-order chi connectivity index (χ1) is 16.8. The number of fused-ring (bicyclic) bond motifs is 2. The van der Waals surface area contributed by atoms with Gasteiger partial charge in [0.1, 0.15) is 5.58 Å². The van der Waals surface area contributed by atoms with Crippen LogP contribution in [0.15, 0.2) is 75.1 Å². The fourth-order valence-corrected chi connectivity index (χ4v) is 7.17. The Kier molecular flexibility index (Phi) is 4.89. The van der Waals surface area contributed by atoms with Crippen LogP contribution in [0.2, 0.25) is 0 Å². The van der Waals surface area contributed by atoms with Crippen LogP contribution in [-0.4, -0.2) is 41.4 Å². The zero-order valence-electron chi connectivity index (χ0n) is 18.7. The van der Waals surface area contributed by atoms with Crippen molar-refractivity contribution in [3.05, 3.63) is 76.9 Å². The highest BCUT2D eigenvalue weighted by molar-refractivity contribution is 7.89. The molecule has 1 atom stereocenters. The van der Waals surface area contributed by atoms with Crippen LogP contribution in [0, 0.1) is 0 Å². The summed E-state index contributed by atoms with van der Waals surface area (Å²) in [6, 6.07) is 12.7. The molecule has 2 aromatic heterocycles. The molecule has 2 aliphatic rings. The lowest BCUT2D eigenvalue weighted by molar-refractivity contribution is 0.0367. The number of sulfonamides is 1. The summed E-state index contributed by atoms with van der Waals surface area (Å²) in [4.78, 5) is 25.7. The molecule has 0 amide bonds. The molecule has 1 saturated heterocycles. The van der Waals surface area contributed by atoms with Gasteiger partial charge in [-0.05, 0) is 61.7 Å². The van der Waals surface area contributed by atoms with E-state index >= 15 is 0 Å². The summed E-state index contributed by atoms with van der Waals surface area (Å²) in [5, 5.41) is 1.34. The summed E-state index contributed by atoms with van der Waals surface area (Å²) in [6.45, 7) is 0.0651. The van der Waals surface area contributed by atoms with E-state index in [1.165, 1.54) is 27.4 Å². The second kappa shape index (κ2) is 7.77. The van der Waals surface area contributed by atoms with E-state index in [-0.39, 0.29) is 23.1 Å². The number of nitrogens with zero attached hydrogens (tertiary/aromatic N) is 2. The molecule has 9 nitrogen and oxygen atoms in total. The standard InChI is InChI=1S/C25H23N3O6S/c26-22-7-12-28(25(22)9-10-25)35(31,32)21-3-1-2-19-18(21)6-11-27(23(19)29)15-34-24(30)17-4-5-20-16(14-17)8-13-33-20/h1-6,8,11,13-14,22H,7,9-10,12,15,26H2/t22-/m1/s1. The molecule has 2 N–H and O–H groups in total. The topological polar surface area (TPSA) is 125 Å². The first-order valence-electron chi connectivity index (χ1n) is 11.4. The van der Waals surface area contributed by atoms with E-state index in [0.717, 1.165) is 18.2 Å². The smallest absolute Gasteiger partial charge is 0.339 e. The van der Waals surface area contributed by atoms with Crippen LogP contribution in [0.4, 0.5) is 0 Å². The number of ether oxygens (including phenoxy) is 1. The lowest BCUT2D eigenvalue weighted by atomic mass is 10.1. The third-order valence-corrected chi connectivity index (χ3v) is 9.20. The van der Waals surface area contributed by atoms with Crippen molar-refractivity contribution in [2.45, 2.75) is 42.5 Å². The average molecular weight is 494 g/mol. The minimum absolute atomic E-state index is 0.0880. The van der Waals surface area contributed by atoms with Crippen molar-refractivity contribution in [1.29, 1.82) is 0 Å². The summed E-state index contributed by atoms with van der Waals surface area (Å²) >= 11 is 0. The van der Waals surface area contributed by atoms with Crippen molar-refractivity contribution in [1.82, 2.24) is 8.87 Å². The molecule has 0 radical (unpaired) electrons. The molecule has 6 rings (SSSR count). The molecule has 2 fully saturated rings.